The zero-order valence-electron chi connectivity index (χ0n) is 11.3. The molecule has 18 heavy (non-hydrogen) atoms. The van der Waals surface area contributed by atoms with Crippen LogP contribution in [0, 0.1) is 5.92 Å². The molecule has 1 atom stereocenters. The summed E-state index contributed by atoms with van der Waals surface area (Å²) in [6.45, 7) is 3.42. The van der Waals surface area contributed by atoms with E-state index in [1.807, 2.05) is 12.1 Å². The van der Waals surface area contributed by atoms with Crippen LogP contribution in [0.3, 0.4) is 0 Å². The van der Waals surface area contributed by atoms with Crippen LogP contribution < -0.4 is 5.32 Å². The Hall–Kier alpha value is -0.530. The van der Waals surface area contributed by atoms with E-state index in [-0.39, 0.29) is 0 Å². The van der Waals surface area contributed by atoms with Crippen molar-refractivity contribution in [3.63, 3.8) is 0 Å². The molecule has 2 rings (SSSR count). The topological polar surface area (TPSA) is 12.0 Å². The fraction of sp³-hybridized carbons (Fsp3) is 0.625. The highest BCUT2D eigenvalue weighted by Crippen LogP contribution is 2.26. The third-order valence-electron chi connectivity index (χ3n) is 3.98. The molecule has 1 unspecified atom stereocenters. The number of halogens is 1. The van der Waals surface area contributed by atoms with Gasteiger partial charge in [0.25, 0.3) is 0 Å². The van der Waals surface area contributed by atoms with E-state index in [1.165, 1.54) is 50.6 Å². The second-order valence-corrected chi connectivity index (χ2v) is 5.89. The van der Waals surface area contributed by atoms with E-state index in [4.69, 9.17) is 11.6 Å². The van der Waals surface area contributed by atoms with Gasteiger partial charge in [0.15, 0.2) is 0 Å². The highest BCUT2D eigenvalue weighted by atomic mass is 35.5. The molecule has 1 fully saturated rings. The van der Waals surface area contributed by atoms with Crippen LogP contribution in [0.1, 0.15) is 57.1 Å². The molecule has 100 valence electrons. The zero-order valence-corrected chi connectivity index (χ0v) is 12.0. The molecule has 0 heterocycles. The van der Waals surface area contributed by atoms with E-state index in [0.29, 0.717) is 6.04 Å². The Morgan fingerprint density at radius 2 is 1.89 bits per heavy atom. The monoisotopic (exact) mass is 265 g/mol. The van der Waals surface area contributed by atoms with Crippen LogP contribution in [0.2, 0.25) is 5.02 Å². The molecule has 1 aromatic carbocycles. The number of hydrogen-bond donors (Lipinski definition) is 1. The van der Waals surface area contributed by atoms with Crippen LogP contribution in [0.5, 0.6) is 0 Å². The SMILES string of the molecule is CCCC(NCC1CCCC1)c1ccc(Cl)cc1. The van der Waals surface area contributed by atoms with Crippen LogP contribution in [0.4, 0.5) is 0 Å². The first-order valence-electron chi connectivity index (χ1n) is 7.28. The minimum Gasteiger partial charge on any atom is -0.310 e. The smallest absolute Gasteiger partial charge is 0.0406 e. The Morgan fingerprint density at radius 3 is 2.50 bits per heavy atom. The summed E-state index contributed by atoms with van der Waals surface area (Å²) >= 11 is 5.95. The van der Waals surface area contributed by atoms with Crippen LogP contribution >= 0.6 is 11.6 Å². The van der Waals surface area contributed by atoms with Crippen molar-refractivity contribution in [2.24, 2.45) is 5.92 Å². The third-order valence-corrected chi connectivity index (χ3v) is 4.23. The molecule has 1 nitrogen and oxygen atoms in total. The third kappa shape index (κ3) is 4.00. The molecule has 0 radical (unpaired) electrons. The van der Waals surface area contributed by atoms with Gasteiger partial charge in [0.2, 0.25) is 0 Å². The van der Waals surface area contributed by atoms with Crippen LogP contribution in [0.25, 0.3) is 0 Å². The molecule has 1 aromatic rings. The zero-order chi connectivity index (χ0) is 12.8. The van der Waals surface area contributed by atoms with Gasteiger partial charge in [-0.25, -0.2) is 0 Å². The van der Waals surface area contributed by atoms with Crippen molar-refractivity contribution in [2.45, 2.75) is 51.5 Å². The maximum Gasteiger partial charge on any atom is 0.0406 e. The van der Waals surface area contributed by atoms with Crippen molar-refractivity contribution in [1.82, 2.24) is 5.32 Å². The van der Waals surface area contributed by atoms with Gasteiger partial charge in [0.1, 0.15) is 0 Å². The summed E-state index contributed by atoms with van der Waals surface area (Å²) in [7, 11) is 0. The van der Waals surface area contributed by atoms with Crippen LogP contribution in [-0.4, -0.2) is 6.54 Å². The predicted octanol–water partition coefficient (Wildman–Crippen LogP) is 4.96. The molecule has 1 aliphatic carbocycles. The normalized spacial score (nSPS) is 18.1. The number of rotatable bonds is 6. The highest BCUT2D eigenvalue weighted by Gasteiger charge is 2.17. The molecule has 0 bridgehead atoms. The van der Waals surface area contributed by atoms with E-state index in [1.54, 1.807) is 0 Å². The molecule has 0 aromatic heterocycles. The molecule has 1 saturated carbocycles. The minimum absolute atomic E-state index is 0.493. The summed E-state index contributed by atoms with van der Waals surface area (Å²) in [5.74, 6) is 0.900. The van der Waals surface area contributed by atoms with E-state index < -0.39 is 0 Å². The van der Waals surface area contributed by atoms with Crippen molar-refractivity contribution in [3.8, 4) is 0 Å². The summed E-state index contributed by atoms with van der Waals surface area (Å²) < 4.78 is 0. The Morgan fingerprint density at radius 1 is 1.22 bits per heavy atom. The quantitative estimate of drug-likeness (QED) is 0.766. The Balaban J connectivity index is 1.91. The first-order valence-corrected chi connectivity index (χ1v) is 7.66. The molecular formula is C16H24ClN. The molecule has 0 saturated heterocycles. The molecular weight excluding hydrogens is 242 g/mol. The molecule has 2 heteroatoms. The van der Waals surface area contributed by atoms with Crippen LogP contribution in [-0.2, 0) is 0 Å². The van der Waals surface area contributed by atoms with Gasteiger partial charge in [-0.05, 0) is 49.4 Å². The second-order valence-electron chi connectivity index (χ2n) is 5.45. The first kappa shape index (κ1) is 13.9. The molecule has 1 N–H and O–H groups in total. The number of hydrogen-bond acceptors (Lipinski definition) is 1. The van der Waals surface area contributed by atoms with Crippen molar-refractivity contribution < 1.29 is 0 Å². The Kier molecular flexibility index (Phi) is 5.52. The van der Waals surface area contributed by atoms with Gasteiger partial charge in [-0.15, -0.1) is 0 Å². The standard InChI is InChI=1S/C16H24ClN/c1-2-5-16(14-8-10-15(17)11-9-14)18-12-13-6-3-4-7-13/h8-11,13,16,18H,2-7,12H2,1H3. The largest absolute Gasteiger partial charge is 0.310 e. The van der Waals surface area contributed by atoms with Gasteiger partial charge in [-0.3, -0.25) is 0 Å². The lowest BCUT2D eigenvalue weighted by Gasteiger charge is -2.21. The van der Waals surface area contributed by atoms with E-state index >= 15 is 0 Å². The maximum absolute atomic E-state index is 5.95. The number of nitrogens with one attached hydrogen (secondary N) is 1. The van der Waals surface area contributed by atoms with Gasteiger partial charge in [-0.2, -0.15) is 0 Å². The lowest BCUT2D eigenvalue weighted by Crippen LogP contribution is -2.26. The van der Waals surface area contributed by atoms with E-state index in [0.717, 1.165) is 10.9 Å². The van der Waals surface area contributed by atoms with E-state index in [2.05, 4.69) is 24.4 Å². The lowest BCUT2D eigenvalue weighted by atomic mass is 10.0. The summed E-state index contributed by atoms with van der Waals surface area (Å²) in [5, 5.41) is 4.58. The van der Waals surface area contributed by atoms with Gasteiger partial charge in [-0.1, -0.05) is 49.9 Å². The Bertz CT molecular complexity index is 341. The number of benzene rings is 1. The van der Waals surface area contributed by atoms with E-state index in [9.17, 15) is 0 Å². The average molecular weight is 266 g/mol. The second kappa shape index (κ2) is 7.16. The maximum atomic E-state index is 5.95. The average Bonchev–Trinajstić information content (AvgIpc) is 2.89. The van der Waals surface area contributed by atoms with Crippen molar-refractivity contribution in [2.75, 3.05) is 6.54 Å². The summed E-state index contributed by atoms with van der Waals surface area (Å²) in [5.41, 5.74) is 1.37. The highest BCUT2D eigenvalue weighted by molar-refractivity contribution is 6.30. The predicted molar refractivity (Wildman–Crippen MR) is 79.1 cm³/mol. The van der Waals surface area contributed by atoms with Gasteiger partial charge in [0.05, 0.1) is 0 Å². The van der Waals surface area contributed by atoms with Crippen molar-refractivity contribution >= 4 is 11.6 Å². The summed E-state index contributed by atoms with van der Waals surface area (Å²) in [6.07, 6.45) is 8.08. The minimum atomic E-state index is 0.493. The summed E-state index contributed by atoms with van der Waals surface area (Å²) in [6, 6.07) is 8.80. The molecule has 0 aliphatic heterocycles. The van der Waals surface area contributed by atoms with Gasteiger partial charge >= 0.3 is 0 Å². The van der Waals surface area contributed by atoms with Crippen molar-refractivity contribution in [3.05, 3.63) is 34.9 Å². The van der Waals surface area contributed by atoms with Crippen LogP contribution in [0.15, 0.2) is 24.3 Å². The Labute approximate surface area is 116 Å². The lowest BCUT2D eigenvalue weighted by molar-refractivity contribution is 0.420. The van der Waals surface area contributed by atoms with Crippen molar-refractivity contribution in [1.29, 1.82) is 0 Å². The first-order chi connectivity index (χ1) is 8.79. The molecule has 0 amide bonds. The van der Waals surface area contributed by atoms with Gasteiger partial charge < -0.3 is 5.32 Å². The fourth-order valence-electron chi connectivity index (χ4n) is 2.89. The van der Waals surface area contributed by atoms with Gasteiger partial charge in [0, 0.05) is 11.1 Å². The molecule has 0 spiro atoms. The fourth-order valence-corrected chi connectivity index (χ4v) is 3.02. The molecule has 1 aliphatic rings. The summed E-state index contributed by atoms with van der Waals surface area (Å²) in [4.78, 5) is 0.